The Balaban J connectivity index is 2.76. The van der Waals surface area contributed by atoms with Crippen LogP contribution in [0.1, 0.15) is 0 Å². The molecule has 1 aliphatic rings. The predicted octanol–water partition coefficient (Wildman–Crippen LogP) is -0.508. The minimum Gasteiger partial charge on any atom is -0.481 e. The smallest absolute Gasteiger partial charge is 0.313 e. The number of halogens is 2. The Morgan fingerprint density at radius 1 is 1.50 bits per heavy atom. The molecule has 2 N–H and O–H groups in total. The van der Waals surface area contributed by atoms with E-state index in [9.17, 15) is 18.4 Å². The number of carbonyl (C=O) groups is 2. The van der Waals surface area contributed by atoms with Crippen LogP contribution >= 0.6 is 0 Å². The van der Waals surface area contributed by atoms with Crippen LogP contribution in [0.25, 0.3) is 0 Å². The molecule has 1 heterocycles. The van der Waals surface area contributed by atoms with Crippen LogP contribution in [-0.2, 0) is 9.59 Å². The van der Waals surface area contributed by atoms with Crippen molar-refractivity contribution in [1.29, 1.82) is 0 Å². The SMILES string of the molecule is O=CC1NC(F)C(C(=O)O)C1F. The van der Waals surface area contributed by atoms with Gasteiger partial charge in [-0.15, -0.1) is 0 Å². The van der Waals surface area contributed by atoms with E-state index in [0.29, 0.717) is 0 Å². The van der Waals surface area contributed by atoms with Gasteiger partial charge in [0.05, 0.1) is 6.04 Å². The Kier molecular flexibility index (Phi) is 2.37. The molecule has 0 aliphatic carbocycles. The van der Waals surface area contributed by atoms with Crippen molar-refractivity contribution in [1.82, 2.24) is 5.32 Å². The number of nitrogens with one attached hydrogen (secondary N) is 1. The van der Waals surface area contributed by atoms with Crippen LogP contribution in [0.3, 0.4) is 0 Å². The molecule has 0 aromatic heterocycles. The highest BCUT2D eigenvalue weighted by Crippen LogP contribution is 2.24. The summed E-state index contributed by atoms with van der Waals surface area (Å²) in [6, 6.07) is -1.35. The molecule has 1 aliphatic heterocycles. The normalized spacial score (nSPS) is 41.2. The molecule has 0 bridgehead atoms. The van der Waals surface area contributed by atoms with Gasteiger partial charge < -0.3 is 9.90 Å². The lowest BCUT2D eigenvalue weighted by molar-refractivity contribution is -0.145. The quantitative estimate of drug-likeness (QED) is 0.442. The van der Waals surface area contributed by atoms with Gasteiger partial charge in [0.25, 0.3) is 0 Å². The monoisotopic (exact) mass is 179 g/mol. The molecule has 1 rings (SSSR count). The van der Waals surface area contributed by atoms with E-state index in [4.69, 9.17) is 5.11 Å². The largest absolute Gasteiger partial charge is 0.481 e. The van der Waals surface area contributed by atoms with Gasteiger partial charge in [0.1, 0.15) is 18.4 Å². The standard InChI is InChI=1S/C6H7F2NO3/c7-4-2(1-10)9-5(8)3(4)6(11)12/h1-5,9H,(H,11,12). The zero-order valence-electron chi connectivity index (χ0n) is 5.91. The van der Waals surface area contributed by atoms with E-state index in [2.05, 4.69) is 0 Å². The van der Waals surface area contributed by atoms with Gasteiger partial charge in [-0.05, 0) is 0 Å². The van der Waals surface area contributed by atoms with Gasteiger partial charge in [0.15, 0.2) is 6.30 Å². The highest BCUT2D eigenvalue weighted by molar-refractivity contribution is 5.74. The highest BCUT2D eigenvalue weighted by Gasteiger charge is 2.48. The molecule has 12 heavy (non-hydrogen) atoms. The third-order valence-corrected chi connectivity index (χ3v) is 1.78. The summed E-state index contributed by atoms with van der Waals surface area (Å²) in [5.41, 5.74) is 0. The Bertz CT molecular complexity index is 211. The topological polar surface area (TPSA) is 66.4 Å². The number of alkyl halides is 2. The van der Waals surface area contributed by atoms with Crippen LogP contribution < -0.4 is 5.32 Å². The van der Waals surface area contributed by atoms with Crippen molar-refractivity contribution in [3.8, 4) is 0 Å². The van der Waals surface area contributed by atoms with Gasteiger partial charge >= 0.3 is 5.97 Å². The lowest BCUT2D eigenvalue weighted by Crippen LogP contribution is -2.31. The summed E-state index contributed by atoms with van der Waals surface area (Å²) < 4.78 is 25.5. The van der Waals surface area contributed by atoms with Crippen molar-refractivity contribution < 1.29 is 23.5 Å². The minimum atomic E-state index is -1.99. The van der Waals surface area contributed by atoms with Crippen molar-refractivity contribution in [3.63, 3.8) is 0 Å². The average Bonchev–Trinajstić information content (AvgIpc) is 2.25. The molecule has 1 fully saturated rings. The molecule has 4 atom stereocenters. The average molecular weight is 179 g/mol. The third-order valence-electron chi connectivity index (χ3n) is 1.78. The summed E-state index contributed by atoms with van der Waals surface area (Å²) in [5, 5.41) is 10.2. The second-order valence-corrected chi connectivity index (χ2v) is 2.54. The van der Waals surface area contributed by atoms with Gasteiger partial charge in [0, 0.05) is 0 Å². The number of hydrogen-bond donors (Lipinski definition) is 2. The lowest BCUT2D eigenvalue weighted by Gasteiger charge is -2.07. The summed E-state index contributed by atoms with van der Waals surface area (Å²) in [6.45, 7) is 0. The van der Waals surface area contributed by atoms with Crippen LogP contribution in [-0.4, -0.2) is 35.9 Å². The molecule has 0 aromatic rings. The van der Waals surface area contributed by atoms with Gasteiger partial charge in [-0.2, -0.15) is 0 Å². The fourth-order valence-electron chi connectivity index (χ4n) is 1.14. The number of carbonyl (C=O) groups excluding carboxylic acids is 1. The number of hydrogen-bond acceptors (Lipinski definition) is 3. The first-order valence-corrected chi connectivity index (χ1v) is 3.30. The number of rotatable bonds is 2. The van der Waals surface area contributed by atoms with Crippen LogP contribution in [0.2, 0.25) is 0 Å². The summed E-state index contributed by atoms with van der Waals surface area (Å²) in [4.78, 5) is 20.3. The van der Waals surface area contributed by atoms with E-state index >= 15 is 0 Å². The van der Waals surface area contributed by atoms with Crippen LogP contribution in [0, 0.1) is 5.92 Å². The first kappa shape index (κ1) is 9.05. The molecule has 0 aromatic carbocycles. The summed E-state index contributed by atoms with van der Waals surface area (Å²) in [7, 11) is 0. The van der Waals surface area contributed by atoms with Crippen molar-refractivity contribution in [2.45, 2.75) is 18.5 Å². The fourth-order valence-corrected chi connectivity index (χ4v) is 1.14. The molecule has 6 heteroatoms. The molecule has 0 saturated carbocycles. The number of aldehydes is 1. The maximum absolute atomic E-state index is 12.8. The Morgan fingerprint density at radius 3 is 2.33 bits per heavy atom. The second kappa shape index (κ2) is 3.14. The second-order valence-electron chi connectivity index (χ2n) is 2.54. The number of carboxylic acids is 1. The first-order chi connectivity index (χ1) is 5.57. The fraction of sp³-hybridized carbons (Fsp3) is 0.667. The van der Waals surface area contributed by atoms with E-state index in [0.717, 1.165) is 0 Å². The molecule has 1 saturated heterocycles. The molecule has 68 valence electrons. The van der Waals surface area contributed by atoms with E-state index < -0.39 is 30.4 Å². The maximum atomic E-state index is 12.8. The third kappa shape index (κ3) is 1.29. The number of carboxylic acid groups (broad SMARTS) is 1. The Hall–Kier alpha value is -1.04. The predicted molar refractivity (Wildman–Crippen MR) is 33.9 cm³/mol. The van der Waals surface area contributed by atoms with E-state index in [-0.39, 0.29) is 6.29 Å². The first-order valence-electron chi connectivity index (χ1n) is 3.30. The van der Waals surface area contributed by atoms with Crippen LogP contribution in [0.4, 0.5) is 8.78 Å². The zero-order chi connectivity index (χ0) is 9.30. The van der Waals surface area contributed by atoms with Gasteiger partial charge in [-0.25, -0.2) is 8.78 Å². The molecule has 0 radical (unpaired) electrons. The van der Waals surface area contributed by atoms with Gasteiger partial charge in [-0.3, -0.25) is 10.1 Å². The van der Waals surface area contributed by atoms with E-state index in [1.807, 2.05) is 5.32 Å². The summed E-state index contributed by atoms with van der Waals surface area (Å²) in [6.07, 6.45) is -3.82. The summed E-state index contributed by atoms with van der Waals surface area (Å²) in [5.74, 6) is -3.35. The Morgan fingerprint density at radius 2 is 2.08 bits per heavy atom. The van der Waals surface area contributed by atoms with Gasteiger partial charge in [0.2, 0.25) is 0 Å². The van der Waals surface area contributed by atoms with E-state index in [1.54, 1.807) is 0 Å². The van der Waals surface area contributed by atoms with Crippen molar-refractivity contribution in [3.05, 3.63) is 0 Å². The zero-order valence-corrected chi connectivity index (χ0v) is 5.91. The van der Waals surface area contributed by atoms with E-state index in [1.165, 1.54) is 0 Å². The van der Waals surface area contributed by atoms with Crippen LogP contribution in [0.5, 0.6) is 0 Å². The Labute approximate surface area is 66.6 Å². The van der Waals surface area contributed by atoms with Gasteiger partial charge in [-0.1, -0.05) is 0 Å². The number of aliphatic carboxylic acids is 1. The highest BCUT2D eigenvalue weighted by atomic mass is 19.1. The molecular formula is C6H7F2NO3. The maximum Gasteiger partial charge on any atom is 0.313 e. The van der Waals surface area contributed by atoms with Crippen molar-refractivity contribution in [2.75, 3.05) is 0 Å². The van der Waals surface area contributed by atoms with Crippen LogP contribution in [0.15, 0.2) is 0 Å². The van der Waals surface area contributed by atoms with Crippen molar-refractivity contribution >= 4 is 12.3 Å². The molecule has 0 spiro atoms. The minimum absolute atomic E-state index is 0.167. The molecule has 0 amide bonds. The lowest BCUT2D eigenvalue weighted by atomic mass is 10.0. The molecule has 4 nitrogen and oxygen atoms in total. The summed E-state index contributed by atoms with van der Waals surface area (Å²) >= 11 is 0. The molecular weight excluding hydrogens is 172 g/mol. The van der Waals surface area contributed by atoms with Crippen molar-refractivity contribution in [2.24, 2.45) is 5.92 Å². The molecule has 4 unspecified atom stereocenters.